The monoisotopic (exact) mass is 245 g/mol. The van der Waals surface area contributed by atoms with Gasteiger partial charge in [-0.15, -0.1) is 0 Å². The number of aryl methyl sites for hydroxylation is 1. The summed E-state index contributed by atoms with van der Waals surface area (Å²) in [4.78, 5) is 11.9. The van der Waals surface area contributed by atoms with Crippen molar-refractivity contribution in [3.8, 4) is 11.4 Å². The zero-order chi connectivity index (χ0) is 13.1. The number of rotatable bonds is 3. The zero-order valence-electron chi connectivity index (χ0n) is 10.1. The van der Waals surface area contributed by atoms with Gasteiger partial charge in [-0.25, -0.2) is 0 Å². The van der Waals surface area contributed by atoms with Gasteiger partial charge in [0.15, 0.2) is 0 Å². The lowest BCUT2D eigenvalue weighted by Gasteiger charge is -2.11. The van der Waals surface area contributed by atoms with E-state index in [0.29, 0.717) is 5.69 Å². The highest BCUT2D eigenvalue weighted by molar-refractivity contribution is 5.41. The Labute approximate surface area is 104 Å². The Hall–Kier alpha value is -2.14. The predicted molar refractivity (Wildman–Crippen MR) is 68.8 cm³/mol. The Morgan fingerprint density at radius 2 is 2.11 bits per heavy atom. The van der Waals surface area contributed by atoms with Crippen molar-refractivity contribution < 1.29 is 5.11 Å². The first kappa shape index (κ1) is 12.3. The SMILES string of the molecule is CCc1ccccc1-n1nc(CN)c(O)cc1=O. The molecule has 3 N–H and O–H groups in total. The molecule has 94 valence electrons. The van der Waals surface area contributed by atoms with Crippen molar-refractivity contribution in [1.82, 2.24) is 9.78 Å². The third-order valence-electron chi connectivity index (χ3n) is 2.78. The van der Waals surface area contributed by atoms with Crippen molar-refractivity contribution in [2.45, 2.75) is 19.9 Å². The fraction of sp³-hybridized carbons (Fsp3) is 0.231. The number of hydrogen-bond donors (Lipinski definition) is 2. The van der Waals surface area contributed by atoms with E-state index in [4.69, 9.17) is 5.73 Å². The van der Waals surface area contributed by atoms with Crippen molar-refractivity contribution in [2.75, 3.05) is 0 Å². The first-order valence-corrected chi connectivity index (χ1v) is 5.78. The summed E-state index contributed by atoms with van der Waals surface area (Å²) in [6.07, 6.45) is 0.795. The molecule has 0 aliphatic carbocycles. The molecule has 0 aliphatic heterocycles. The standard InChI is InChI=1S/C13H15N3O2/c1-2-9-5-3-4-6-11(9)16-13(18)7-12(17)10(8-14)15-16/h3-7,17H,2,8,14H2,1H3. The highest BCUT2D eigenvalue weighted by Crippen LogP contribution is 2.15. The lowest BCUT2D eigenvalue weighted by molar-refractivity contribution is 0.457. The summed E-state index contributed by atoms with van der Waals surface area (Å²) >= 11 is 0. The second-order valence-corrected chi connectivity index (χ2v) is 3.91. The molecule has 5 heteroatoms. The molecule has 0 aliphatic rings. The average Bonchev–Trinajstić information content (AvgIpc) is 2.39. The Morgan fingerprint density at radius 1 is 1.39 bits per heavy atom. The number of hydrogen-bond acceptors (Lipinski definition) is 4. The molecule has 2 aromatic rings. The van der Waals surface area contributed by atoms with Crippen LogP contribution in [0.3, 0.4) is 0 Å². The van der Waals surface area contributed by atoms with Crippen molar-refractivity contribution in [1.29, 1.82) is 0 Å². The summed E-state index contributed by atoms with van der Waals surface area (Å²) in [7, 11) is 0. The van der Waals surface area contributed by atoms with E-state index >= 15 is 0 Å². The van der Waals surface area contributed by atoms with Gasteiger partial charge in [0.05, 0.1) is 5.69 Å². The van der Waals surface area contributed by atoms with Crippen LogP contribution < -0.4 is 11.3 Å². The Balaban J connectivity index is 2.67. The Morgan fingerprint density at radius 3 is 2.78 bits per heavy atom. The van der Waals surface area contributed by atoms with Gasteiger partial charge in [-0.2, -0.15) is 9.78 Å². The summed E-state index contributed by atoms with van der Waals surface area (Å²) in [6.45, 7) is 2.09. The minimum Gasteiger partial charge on any atom is -0.506 e. The normalized spacial score (nSPS) is 10.6. The van der Waals surface area contributed by atoms with E-state index in [2.05, 4.69) is 5.10 Å². The molecule has 1 heterocycles. The molecule has 0 saturated carbocycles. The van der Waals surface area contributed by atoms with Crippen LogP contribution in [-0.2, 0) is 13.0 Å². The van der Waals surface area contributed by atoms with Gasteiger partial charge < -0.3 is 10.8 Å². The summed E-state index contributed by atoms with van der Waals surface area (Å²) in [5.74, 6) is -0.160. The first-order valence-electron chi connectivity index (χ1n) is 5.78. The molecule has 0 spiro atoms. The van der Waals surface area contributed by atoms with Crippen molar-refractivity contribution >= 4 is 0 Å². The van der Waals surface area contributed by atoms with E-state index in [1.54, 1.807) is 0 Å². The summed E-state index contributed by atoms with van der Waals surface area (Å²) < 4.78 is 1.28. The van der Waals surface area contributed by atoms with E-state index in [0.717, 1.165) is 23.7 Å². The number of para-hydroxylation sites is 1. The van der Waals surface area contributed by atoms with E-state index < -0.39 is 0 Å². The van der Waals surface area contributed by atoms with Gasteiger partial charge >= 0.3 is 0 Å². The van der Waals surface area contributed by atoms with Gasteiger partial charge in [-0.1, -0.05) is 25.1 Å². The lowest BCUT2D eigenvalue weighted by atomic mass is 10.1. The van der Waals surface area contributed by atoms with Crippen LogP contribution in [0.2, 0.25) is 0 Å². The molecular formula is C13H15N3O2. The third-order valence-corrected chi connectivity index (χ3v) is 2.78. The van der Waals surface area contributed by atoms with Crippen LogP contribution in [0, 0.1) is 0 Å². The third kappa shape index (κ3) is 2.12. The summed E-state index contributed by atoms with van der Waals surface area (Å²) in [5, 5.41) is 13.6. The smallest absolute Gasteiger partial charge is 0.275 e. The van der Waals surface area contributed by atoms with Crippen molar-refractivity contribution in [3.63, 3.8) is 0 Å². The molecule has 1 aromatic carbocycles. The van der Waals surface area contributed by atoms with Gasteiger partial charge in [-0.3, -0.25) is 4.79 Å². The molecule has 0 radical (unpaired) electrons. The van der Waals surface area contributed by atoms with Gasteiger partial charge in [0.2, 0.25) is 0 Å². The maximum absolute atomic E-state index is 11.9. The van der Waals surface area contributed by atoms with Gasteiger partial charge in [-0.05, 0) is 18.1 Å². The molecule has 18 heavy (non-hydrogen) atoms. The molecule has 2 rings (SSSR count). The molecule has 0 atom stereocenters. The van der Waals surface area contributed by atoms with Gasteiger partial charge in [0.25, 0.3) is 5.56 Å². The predicted octanol–water partition coefficient (Wildman–Crippen LogP) is 0.959. The van der Waals surface area contributed by atoms with Crippen LogP contribution in [0.1, 0.15) is 18.2 Å². The maximum Gasteiger partial charge on any atom is 0.275 e. The first-order chi connectivity index (χ1) is 8.67. The molecule has 0 unspecified atom stereocenters. The van der Waals surface area contributed by atoms with Gasteiger partial charge in [0, 0.05) is 12.6 Å². The minimum absolute atomic E-state index is 0.0837. The Kier molecular flexibility index (Phi) is 3.43. The molecule has 1 aromatic heterocycles. The van der Waals surface area contributed by atoms with E-state index in [-0.39, 0.29) is 17.9 Å². The second kappa shape index (κ2) is 5.01. The van der Waals surface area contributed by atoms with Crippen LogP contribution >= 0.6 is 0 Å². The fourth-order valence-electron chi connectivity index (χ4n) is 1.82. The fourth-order valence-corrected chi connectivity index (χ4v) is 1.82. The topological polar surface area (TPSA) is 81.1 Å². The molecule has 0 saturated heterocycles. The lowest BCUT2D eigenvalue weighted by Crippen LogP contribution is -2.23. The van der Waals surface area contributed by atoms with Crippen LogP contribution in [0.25, 0.3) is 5.69 Å². The average molecular weight is 245 g/mol. The van der Waals surface area contributed by atoms with E-state index in [1.165, 1.54) is 4.68 Å². The van der Waals surface area contributed by atoms with Crippen LogP contribution in [-0.4, -0.2) is 14.9 Å². The number of nitrogens with zero attached hydrogens (tertiary/aromatic N) is 2. The maximum atomic E-state index is 11.9. The van der Waals surface area contributed by atoms with Crippen LogP contribution in [0.15, 0.2) is 35.1 Å². The molecule has 0 amide bonds. The number of aromatic hydroxyl groups is 1. The number of aromatic nitrogens is 2. The van der Waals surface area contributed by atoms with Crippen LogP contribution in [0.4, 0.5) is 0 Å². The minimum atomic E-state index is -0.370. The van der Waals surface area contributed by atoms with Crippen molar-refractivity contribution in [2.24, 2.45) is 5.73 Å². The van der Waals surface area contributed by atoms with E-state index in [9.17, 15) is 9.90 Å². The highest BCUT2D eigenvalue weighted by Gasteiger charge is 2.10. The number of nitrogens with two attached hydrogens (primary N) is 1. The summed E-state index contributed by atoms with van der Waals surface area (Å²) in [5.41, 5.74) is 7.15. The zero-order valence-corrected chi connectivity index (χ0v) is 10.1. The van der Waals surface area contributed by atoms with Crippen LogP contribution in [0.5, 0.6) is 5.75 Å². The Bertz CT molecular complexity index is 620. The quantitative estimate of drug-likeness (QED) is 0.844. The molecule has 5 nitrogen and oxygen atoms in total. The summed E-state index contributed by atoms with van der Waals surface area (Å²) in [6, 6.07) is 8.67. The van der Waals surface area contributed by atoms with Crippen molar-refractivity contribution in [3.05, 3.63) is 51.9 Å². The largest absolute Gasteiger partial charge is 0.506 e. The molecule has 0 fully saturated rings. The molecular weight excluding hydrogens is 230 g/mol. The number of benzene rings is 1. The second-order valence-electron chi connectivity index (χ2n) is 3.91. The van der Waals surface area contributed by atoms with E-state index in [1.807, 2.05) is 31.2 Å². The van der Waals surface area contributed by atoms with Gasteiger partial charge in [0.1, 0.15) is 11.4 Å². The molecule has 0 bridgehead atoms. The highest BCUT2D eigenvalue weighted by atomic mass is 16.3.